The van der Waals surface area contributed by atoms with Crippen molar-refractivity contribution >= 4 is 11.9 Å². The molecular weight excluding hydrogens is 342 g/mol. The van der Waals surface area contributed by atoms with E-state index in [0.29, 0.717) is 35.9 Å². The van der Waals surface area contributed by atoms with E-state index in [9.17, 15) is 9.59 Å². The van der Waals surface area contributed by atoms with Crippen molar-refractivity contribution in [3.63, 3.8) is 0 Å². The van der Waals surface area contributed by atoms with Crippen LogP contribution in [0.1, 0.15) is 66.7 Å². The molecule has 5 heteroatoms. The Bertz CT molecular complexity index is 555. The number of fused-ring (bicyclic) bond motifs is 2. The van der Waals surface area contributed by atoms with Gasteiger partial charge in [0.05, 0.1) is 33.7 Å². The maximum Gasteiger partial charge on any atom is 0.361 e. The van der Waals surface area contributed by atoms with Gasteiger partial charge in [0.1, 0.15) is 6.10 Å². The summed E-state index contributed by atoms with van der Waals surface area (Å²) >= 11 is 0. The number of esters is 2. The minimum Gasteiger partial charge on any atom is -0.462 e. The van der Waals surface area contributed by atoms with Gasteiger partial charge in [-0.15, -0.1) is 0 Å². The zero-order valence-electron chi connectivity index (χ0n) is 18.5. The Kier molecular flexibility index (Phi) is 6.66. The Balaban J connectivity index is 1.75. The van der Waals surface area contributed by atoms with Gasteiger partial charge in [-0.1, -0.05) is 34.6 Å². The van der Waals surface area contributed by atoms with Gasteiger partial charge in [0.25, 0.3) is 0 Å². The lowest BCUT2D eigenvalue weighted by Crippen LogP contribution is -2.46. The van der Waals surface area contributed by atoms with Gasteiger partial charge in [0.15, 0.2) is 6.54 Å². The van der Waals surface area contributed by atoms with E-state index in [-0.39, 0.29) is 35.4 Å². The molecular formula is C22H40NO4+. The van der Waals surface area contributed by atoms with Gasteiger partial charge >= 0.3 is 11.9 Å². The Morgan fingerprint density at radius 2 is 1.81 bits per heavy atom. The number of likely N-dealkylation sites (N-methyl/N-ethyl adjacent to an activating group) is 1. The van der Waals surface area contributed by atoms with Crippen molar-refractivity contribution in [2.45, 2.75) is 72.8 Å². The Hall–Kier alpha value is -1.10. The summed E-state index contributed by atoms with van der Waals surface area (Å²) in [6, 6.07) is 0. The van der Waals surface area contributed by atoms with Crippen LogP contribution in [0.4, 0.5) is 0 Å². The molecule has 0 radical (unpaired) electrons. The van der Waals surface area contributed by atoms with Gasteiger partial charge in [-0.25, -0.2) is 4.79 Å². The van der Waals surface area contributed by atoms with Crippen molar-refractivity contribution in [1.82, 2.24) is 0 Å². The van der Waals surface area contributed by atoms with Gasteiger partial charge in [-0.2, -0.15) is 0 Å². The molecule has 0 N–H and O–H groups in total. The smallest absolute Gasteiger partial charge is 0.361 e. The minimum atomic E-state index is -0.198. The van der Waals surface area contributed by atoms with Gasteiger partial charge in [0.2, 0.25) is 0 Å². The monoisotopic (exact) mass is 382 g/mol. The molecule has 0 amide bonds. The molecule has 3 atom stereocenters. The van der Waals surface area contributed by atoms with Crippen molar-refractivity contribution in [2.75, 3.05) is 33.8 Å². The van der Waals surface area contributed by atoms with Crippen LogP contribution in [0.2, 0.25) is 0 Å². The SMILES string of the molecule is CC(C)CCOC(=O)C[N+](C)(C)CCC(=O)O[C@H]1C[C@H]2CC[C@]1(C)C2(C)C. The normalized spacial score (nSPS) is 29.2. The van der Waals surface area contributed by atoms with E-state index in [4.69, 9.17) is 9.47 Å². The molecule has 2 saturated carbocycles. The summed E-state index contributed by atoms with van der Waals surface area (Å²) in [4.78, 5) is 24.5. The molecule has 2 fully saturated rings. The fourth-order valence-electron chi connectivity index (χ4n) is 4.80. The summed E-state index contributed by atoms with van der Waals surface area (Å²) in [5, 5.41) is 0. The molecule has 2 aliphatic carbocycles. The molecule has 5 nitrogen and oxygen atoms in total. The number of ether oxygens (including phenoxy) is 2. The number of nitrogens with zero attached hydrogens (tertiary/aromatic N) is 1. The van der Waals surface area contributed by atoms with E-state index < -0.39 is 0 Å². The second kappa shape index (κ2) is 8.10. The maximum atomic E-state index is 12.5. The summed E-state index contributed by atoms with van der Waals surface area (Å²) in [5.74, 6) is 0.848. The van der Waals surface area contributed by atoms with Crippen molar-refractivity contribution in [3.05, 3.63) is 0 Å². The van der Waals surface area contributed by atoms with Crippen molar-refractivity contribution in [3.8, 4) is 0 Å². The standard InChI is InChI=1S/C22H40NO4/c1-16(2)10-13-26-20(25)15-23(6,7)12-9-19(24)27-18-14-17-8-11-22(18,5)21(17,3)4/h16-18H,8-15H2,1-7H3/q+1/t17-,18+,22+/m1/s1. The fourth-order valence-corrected chi connectivity index (χ4v) is 4.80. The van der Waals surface area contributed by atoms with Crippen LogP contribution in [0, 0.1) is 22.7 Å². The third-order valence-corrected chi connectivity index (χ3v) is 7.42. The highest BCUT2D eigenvalue weighted by Crippen LogP contribution is 2.66. The van der Waals surface area contributed by atoms with E-state index in [1.165, 1.54) is 6.42 Å². The number of rotatable bonds is 9. The number of carbonyl (C=O) groups is 2. The molecule has 0 unspecified atom stereocenters. The first-order valence-electron chi connectivity index (χ1n) is 10.5. The van der Waals surface area contributed by atoms with E-state index in [1.54, 1.807) is 0 Å². The lowest BCUT2D eigenvalue weighted by atomic mass is 9.70. The Labute approximate surface area is 165 Å². The highest BCUT2D eigenvalue weighted by molar-refractivity contribution is 5.71. The molecule has 2 aliphatic rings. The van der Waals surface area contributed by atoms with Gasteiger partial charge in [0, 0.05) is 5.41 Å². The van der Waals surface area contributed by atoms with Crippen LogP contribution in [0.5, 0.6) is 0 Å². The molecule has 0 aromatic rings. The predicted molar refractivity (Wildman–Crippen MR) is 106 cm³/mol. The van der Waals surface area contributed by atoms with E-state index in [1.807, 2.05) is 14.1 Å². The van der Waals surface area contributed by atoms with Gasteiger partial charge < -0.3 is 14.0 Å². The second-order valence-electron chi connectivity index (χ2n) is 10.6. The van der Waals surface area contributed by atoms with Crippen LogP contribution < -0.4 is 0 Å². The van der Waals surface area contributed by atoms with E-state index in [2.05, 4.69) is 34.6 Å². The lowest BCUT2D eigenvalue weighted by Gasteiger charge is -2.38. The fraction of sp³-hybridized carbons (Fsp3) is 0.909. The third-order valence-electron chi connectivity index (χ3n) is 7.42. The molecule has 0 aromatic carbocycles. The van der Waals surface area contributed by atoms with Crippen molar-refractivity contribution in [1.29, 1.82) is 0 Å². The summed E-state index contributed by atoms with van der Waals surface area (Å²) in [7, 11) is 3.91. The van der Waals surface area contributed by atoms with Crippen molar-refractivity contribution in [2.24, 2.45) is 22.7 Å². The number of quaternary nitrogens is 1. The van der Waals surface area contributed by atoms with E-state index in [0.717, 1.165) is 19.3 Å². The second-order valence-corrected chi connectivity index (χ2v) is 10.6. The van der Waals surface area contributed by atoms with Gasteiger partial charge in [-0.3, -0.25) is 4.79 Å². The highest BCUT2D eigenvalue weighted by atomic mass is 16.5. The topological polar surface area (TPSA) is 52.6 Å². The first-order chi connectivity index (χ1) is 12.4. The summed E-state index contributed by atoms with van der Waals surface area (Å²) in [6.45, 7) is 12.5. The lowest BCUT2D eigenvalue weighted by molar-refractivity contribution is -0.882. The first kappa shape index (κ1) is 22.2. The zero-order valence-corrected chi connectivity index (χ0v) is 18.5. The summed E-state index contributed by atoms with van der Waals surface area (Å²) in [6.07, 6.45) is 4.64. The van der Waals surface area contributed by atoms with Crippen molar-refractivity contribution < 1.29 is 23.5 Å². The zero-order chi connectivity index (χ0) is 20.5. The van der Waals surface area contributed by atoms with Gasteiger partial charge in [-0.05, 0) is 42.9 Å². The molecule has 2 bridgehead atoms. The van der Waals surface area contributed by atoms with E-state index >= 15 is 0 Å². The molecule has 0 saturated heterocycles. The van der Waals surface area contributed by atoms with Crippen LogP contribution >= 0.6 is 0 Å². The van der Waals surface area contributed by atoms with Crippen LogP contribution in [-0.2, 0) is 19.1 Å². The number of hydrogen-bond acceptors (Lipinski definition) is 4. The third kappa shape index (κ3) is 5.04. The average Bonchev–Trinajstić information content (AvgIpc) is 2.85. The average molecular weight is 383 g/mol. The molecule has 156 valence electrons. The maximum absolute atomic E-state index is 12.5. The van der Waals surface area contributed by atoms with Crippen LogP contribution in [0.15, 0.2) is 0 Å². The first-order valence-corrected chi connectivity index (χ1v) is 10.5. The number of hydrogen-bond donors (Lipinski definition) is 0. The summed E-state index contributed by atoms with van der Waals surface area (Å²) < 4.78 is 11.6. The largest absolute Gasteiger partial charge is 0.462 e. The number of carbonyl (C=O) groups excluding carboxylic acids is 2. The Morgan fingerprint density at radius 3 is 2.33 bits per heavy atom. The summed E-state index contributed by atoms with van der Waals surface area (Å²) in [5.41, 5.74) is 0.338. The molecule has 0 aliphatic heterocycles. The minimum absolute atomic E-state index is 0.0374. The molecule has 2 rings (SSSR count). The van der Waals surface area contributed by atoms with Crippen LogP contribution in [0.3, 0.4) is 0 Å². The molecule has 27 heavy (non-hydrogen) atoms. The molecule has 0 aromatic heterocycles. The van der Waals surface area contributed by atoms with Crippen LogP contribution in [-0.4, -0.2) is 56.3 Å². The molecule has 0 heterocycles. The highest BCUT2D eigenvalue weighted by Gasteiger charge is 2.62. The Morgan fingerprint density at radius 1 is 1.15 bits per heavy atom. The quantitative estimate of drug-likeness (QED) is 0.450. The molecule has 0 spiro atoms. The predicted octanol–water partition coefficient (Wildman–Crippen LogP) is 3.80. The van der Waals surface area contributed by atoms with Crippen LogP contribution in [0.25, 0.3) is 0 Å².